The van der Waals surface area contributed by atoms with Crippen LogP contribution in [-0.2, 0) is 0 Å². The minimum absolute atomic E-state index is 0.132. The summed E-state index contributed by atoms with van der Waals surface area (Å²) in [5.74, 6) is 0. The van der Waals surface area contributed by atoms with E-state index in [0.29, 0.717) is 6.54 Å². The summed E-state index contributed by atoms with van der Waals surface area (Å²) >= 11 is 0. The maximum Gasteiger partial charge on any atom is 0.315 e. The van der Waals surface area contributed by atoms with Crippen molar-refractivity contribution in [1.82, 2.24) is 20.9 Å². The van der Waals surface area contributed by atoms with Crippen LogP contribution in [0.5, 0.6) is 0 Å². The topological polar surface area (TPSA) is 82.2 Å². The van der Waals surface area contributed by atoms with Gasteiger partial charge < -0.3 is 21.7 Å². The minimum Gasteiger partial charge on any atom is -0.337 e. The van der Waals surface area contributed by atoms with Gasteiger partial charge in [0.2, 0.25) is 0 Å². The van der Waals surface area contributed by atoms with E-state index < -0.39 is 0 Å². The number of amides is 2. The molecule has 1 heterocycles. The molecule has 1 fully saturated rings. The SMILES string of the molecule is CC(C)(N)CC(C)(C)NC(=O)NCCNCCN1CC1. The zero-order valence-electron chi connectivity index (χ0n) is 13.4. The fourth-order valence-corrected chi connectivity index (χ4v) is 2.46. The summed E-state index contributed by atoms with van der Waals surface area (Å²) in [5, 5.41) is 9.14. The van der Waals surface area contributed by atoms with Gasteiger partial charge >= 0.3 is 6.03 Å². The number of nitrogens with two attached hydrogens (primary N) is 1. The predicted octanol–water partition coefficient (Wildman–Crippen LogP) is 0.0968. The number of carbonyl (C=O) groups is 1. The summed E-state index contributed by atoms with van der Waals surface area (Å²) < 4.78 is 0. The molecule has 2 amide bonds. The monoisotopic (exact) mass is 285 g/mol. The van der Waals surface area contributed by atoms with Crippen molar-refractivity contribution in [2.24, 2.45) is 5.73 Å². The van der Waals surface area contributed by atoms with E-state index in [1.54, 1.807) is 0 Å². The van der Waals surface area contributed by atoms with Crippen molar-refractivity contribution < 1.29 is 4.79 Å². The smallest absolute Gasteiger partial charge is 0.315 e. The molecular weight excluding hydrogens is 254 g/mol. The second kappa shape index (κ2) is 7.24. The lowest BCUT2D eigenvalue weighted by molar-refractivity contribution is 0.221. The Morgan fingerprint density at radius 1 is 1.15 bits per heavy atom. The molecular formula is C14H31N5O. The Balaban J connectivity index is 2.05. The summed E-state index contributed by atoms with van der Waals surface area (Å²) in [5.41, 5.74) is 5.39. The Hall–Kier alpha value is -0.850. The van der Waals surface area contributed by atoms with Gasteiger partial charge in [-0.1, -0.05) is 0 Å². The number of rotatable bonds is 9. The van der Waals surface area contributed by atoms with Crippen molar-refractivity contribution in [1.29, 1.82) is 0 Å². The molecule has 0 atom stereocenters. The van der Waals surface area contributed by atoms with Crippen LogP contribution >= 0.6 is 0 Å². The Kier molecular flexibility index (Phi) is 6.23. The molecule has 1 aliphatic heterocycles. The number of hydrogen-bond acceptors (Lipinski definition) is 4. The maximum absolute atomic E-state index is 11.8. The fourth-order valence-electron chi connectivity index (χ4n) is 2.46. The summed E-state index contributed by atoms with van der Waals surface area (Å²) in [7, 11) is 0. The first kappa shape index (κ1) is 17.2. The van der Waals surface area contributed by atoms with Crippen LogP contribution in [0.1, 0.15) is 34.1 Å². The Labute approximate surface area is 122 Å². The third-order valence-electron chi connectivity index (χ3n) is 3.08. The van der Waals surface area contributed by atoms with Gasteiger partial charge in [-0.2, -0.15) is 0 Å². The van der Waals surface area contributed by atoms with Gasteiger partial charge in [-0.15, -0.1) is 0 Å². The lowest BCUT2D eigenvalue weighted by atomic mass is 9.88. The number of carbonyl (C=O) groups excluding carboxylic acids is 1. The van der Waals surface area contributed by atoms with Crippen molar-refractivity contribution in [2.45, 2.75) is 45.2 Å². The number of nitrogens with zero attached hydrogens (tertiary/aromatic N) is 1. The highest BCUT2D eigenvalue weighted by Gasteiger charge is 2.27. The fraction of sp³-hybridized carbons (Fsp3) is 0.929. The summed E-state index contributed by atoms with van der Waals surface area (Å²) in [6.07, 6.45) is 0.724. The average Bonchev–Trinajstić information content (AvgIpc) is 3.02. The highest BCUT2D eigenvalue weighted by Crippen LogP contribution is 2.17. The van der Waals surface area contributed by atoms with Crippen LogP contribution < -0.4 is 21.7 Å². The molecule has 0 aliphatic carbocycles. The first-order chi connectivity index (χ1) is 9.18. The van der Waals surface area contributed by atoms with Gasteiger partial charge in [0.15, 0.2) is 0 Å². The molecule has 0 saturated carbocycles. The van der Waals surface area contributed by atoms with E-state index in [4.69, 9.17) is 5.73 Å². The van der Waals surface area contributed by atoms with Crippen LogP contribution in [0, 0.1) is 0 Å². The van der Waals surface area contributed by atoms with Crippen molar-refractivity contribution in [3.8, 4) is 0 Å². The van der Waals surface area contributed by atoms with E-state index in [2.05, 4.69) is 20.9 Å². The molecule has 0 aromatic heterocycles. The third kappa shape index (κ3) is 9.12. The van der Waals surface area contributed by atoms with Gasteiger partial charge in [0.05, 0.1) is 0 Å². The molecule has 20 heavy (non-hydrogen) atoms. The molecule has 1 aliphatic rings. The van der Waals surface area contributed by atoms with Gasteiger partial charge in [-0.25, -0.2) is 4.79 Å². The van der Waals surface area contributed by atoms with E-state index in [9.17, 15) is 4.79 Å². The second-order valence-corrected chi connectivity index (χ2v) is 7.02. The Bertz CT molecular complexity index is 307. The van der Waals surface area contributed by atoms with Gasteiger partial charge in [0.25, 0.3) is 0 Å². The predicted molar refractivity (Wildman–Crippen MR) is 82.8 cm³/mol. The highest BCUT2D eigenvalue weighted by atomic mass is 16.2. The first-order valence-electron chi connectivity index (χ1n) is 7.46. The van der Waals surface area contributed by atoms with Crippen molar-refractivity contribution >= 4 is 6.03 Å². The Morgan fingerprint density at radius 3 is 2.35 bits per heavy atom. The van der Waals surface area contributed by atoms with Crippen LogP contribution in [-0.4, -0.2) is 61.3 Å². The largest absolute Gasteiger partial charge is 0.337 e. The van der Waals surface area contributed by atoms with Crippen molar-refractivity contribution in [2.75, 3.05) is 39.3 Å². The molecule has 6 nitrogen and oxygen atoms in total. The standard InChI is InChI=1S/C14H31N5O/c1-13(2,15)11-14(3,4)18-12(20)17-6-5-16-7-8-19-9-10-19/h16H,5-11,15H2,1-4H3,(H2,17,18,20). The number of nitrogens with one attached hydrogen (secondary N) is 3. The molecule has 0 aromatic rings. The summed E-state index contributed by atoms with van der Waals surface area (Å²) in [4.78, 5) is 14.2. The van der Waals surface area contributed by atoms with E-state index in [1.807, 2.05) is 27.7 Å². The van der Waals surface area contributed by atoms with Gasteiger partial charge in [-0.05, 0) is 34.1 Å². The minimum atomic E-state index is -0.311. The van der Waals surface area contributed by atoms with Crippen LogP contribution in [0.4, 0.5) is 4.79 Å². The Morgan fingerprint density at radius 2 is 1.80 bits per heavy atom. The van der Waals surface area contributed by atoms with E-state index in [-0.39, 0.29) is 17.1 Å². The van der Waals surface area contributed by atoms with E-state index in [0.717, 1.165) is 26.1 Å². The van der Waals surface area contributed by atoms with Crippen molar-refractivity contribution in [3.63, 3.8) is 0 Å². The van der Waals surface area contributed by atoms with Crippen LogP contribution in [0.3, 0.4) is 0 Å². The molecule has 5 N–H and O–H groups in total. The molecule has 0 radical (unpaired) electrons. The molecule has 1 rings (SSSR count). The average molecular weight is 285 g/mol. The lowest BCUT2D eigenvalue weighted by Gasteiger charge is -2.33. The first-order valence-corrected chi connectivity index (χ1v) is 7.46. The van der Waals surface area contributed by atoms with Crippen molar-refractivity contribution in [3.05, 3.63) is 0 Å². The van der Waals surface area contributed by atoms with E-state index in [1.165, 1.54) is 13.1 Å². The highest BCUT2D eigenvalue weighted by molar-refractivity contribution is 5.74. The van der Waals surface area contributed by atoms with Gasteiger partial charge in [-0.3, -0.25) is 4.90 Å². The van der Waals surface area contributed by atoms with Crippen LogP contribution in [0.25, 0.3) is 0 Å². The maximum atomic E-state index is 11.8. The zero-order chi connectivity index (χ0) is 15.2. The molecule has 6 heteroatoms. The summed E-state index contributed by atoms with van der Waals surface area (Å²) in [6, 6.07) is -0.132. The zero-order valence-corrected chi connectivity index (χ0v) is 13.4. The normalized spacial score (nSPS) is 16.1. The molecule has 1 saturated heterocycles. The summed E-state index contributed by atoms with van der Waals surface area (Å²) in [6.45, 7) is 13.9. The molecule has 0 aromatic carbocycles. The quantitative estimate of drug-likeness (QED) is 0.358. The molecule has 0 unspecified atom stereocenters. The van der Waals surface area contributed by atoms with Gasteiger partial charge in [0.1, 0.15) is 0 Å². The molecule has 0 bridgehead atoms. The van der Waals surface area contributed by atoms with E-state index >= 15 is 0 Å². The second-order valence-electron chi connectivity index (χ2n) is 7.02. The molecule has 118 valence electrons. The third-order valence-corrected chi connectivity index (χ3v) is 3.08. The molecule has 0 spiro atoms. The lowest BCUT2D eigenvalue weighted by Crippen LogP contribution is -2.53. The number of hydrogen-bond donors (Lipinski definition) is 4. The van der Waals surface area contributed by atoms with Crippen LogP contribution in [0.2, 0.25) is 0 Å². The van der Waals surface area contributed by atoms with Gasteiger partial charge in [0, 0.05) is 50.3 Å². The van der Waals surface area contributed by atoms with Crippen LogP contribution in [0.15, 0.2) is 0 Å². The number of urea groups is 1.